The van der Waals surface area contributed by atoms with E-state index in [-0.39, 0.29) is 12.3 Å². The minimum Gasteiger partial charge on any atom is -0.490 e. The Balaban J connectivity index is 1.85. The Labute approximate surface area is 138 Å². The van der Waals surface area contributed by atoms with Gasteiger partial charge in [-0.05, 0) is 25.1 Å². The number of carbonyl (C=O) groups excluding carboxylic acids is 1. The van der Waals surface area contributed by atoms with E-state index in [0.29, 0.717) is 24.9 Å². The summed E-state index contributed by atoms with van der Waals surface area (Å²) in [4.78, 5) is 17.2. The normalized spacial score (nSPS) is 13.5. The third kappa shape index (κ3) is 3.62. The summed E-state index contributed by atoms with van der Waals surface area (Å²) in [5.74, 6) is 1.38. The van der Waals surface area contributed by atoms with Crippen molar-refractivity contribution in [3.63, 3.8) is 0 Å². The summed E-state index contributed by atoms with van der Waals surface area (Å²) >= 11 is 1.45. The van der Waals surface area contributed by atoms with Crippen molar-refractivity contribution >= 4 is 22.4 Å². The quantitative estimate of drug-likeness (QED) is 0.898. The molecular formula is C16H19N3O3S. The number of rotatable bonds is 4. The number of ether oxygens (including phenoxy) is 2. The summed E-state index contributed by atoms with van der Waals surface area (Å²) in [5, 5.41) is 3.36. The van der Waals surface area contributed by atoms with Crippen molar-refractivity contribution < 1.29 is 14.3 Å². The second-order valence-corrected chi connectivity index (χ2v) is 6.43. The molecule has 0 fully saturated rings. The molecule has 3 rings (SSSR count). The smallest absolute Gasteiger partial charge is 0.227 e. The summed E-state index contributed by atoms with van der Waals surface area (Å²) in [5.41, 5.74) is 7.17. The van der Waals surface area contributed by atoms with Gasteiger partial charge in [-0.3, -0.25) is 4.79 Å². The second kappa shape index (κ2) is 6.97. The molecule has 2 aromatic rings. The highest BCUT2D eigenvalue weighted by Gasteiger charge is 2.16. The first kappa shape index (κ1) is 15.8. The van der Waals surface area contributed by atoms with Crippen LogP contribution in [0.15, 0.2) is 18.2 Å². The Bertz CT molecular complexity index is 715. The minimum absolute atomic E-state index is 0.119. The number of benzene rings is 1. The lowest BCUT2D eigenvalue weighted by atomic mass is 10.1. The van der Waals surface area contributed by atoms with Crippen molar-refractivity contribution in [3.8, 4) is 22.8 Å². The molecule has 23 heavy (non-hydrogen) atoms. The monoisotopic (exact) mass is 333 g/mol. The Hall–Kier alpha value is -2.12. The van der Waals surface area contributed by atoms with Crippen LogP contribution in [0.2, 0.25) is 0 Å². The number of aryl methyl sites for hydroxylation is 1. The molecule has 6 nitrogen and oxygen atoms in total. The molecule has 0 aliphatic carbocycles. The van der Waals surface area contributed by atoms with E-state index in [4.69, 9.17) is 15.2 Å². The zero-order chi connectivity index (χ0) is 16.2. The van der Waals surface area contributed by atoms with Gasteiger partial charge in [0.1, 0.15) is 0 Å². The highest BCUT2D eigenvalue weighted by atomic mass is 32.1. The van der Waals surface area contributed by atoms with Crippen LogP contribution in [0.5, 0.6) is 11.5 Å². The summed E-state index contributed by atoms with van der Waals surface area (Å²) in [6.45, 7) is 3.62. The van der Waals surface area contributed by atoms with Gasteiger partial charge < -0.3 is 20.5 Å². The van der Waals surface area contributed by atoms with Crippen LogP contribution in [-0.2, 0) is 4.79 Å². The maximum atomic E-state index is 11.6. The molecule has 0 bridgehead atoms. The molecule has 122 valence electrons. The first-order valence-electron chi connectivity index (χ1n) is 7.55. The molecule has 2 heterocycles. The predicted molar refractivity (Wildman–Crippen MR) is 90.2 cm³/mol. The van der Waals surface area contributed by atoms with E-state index in [1.165, 1.54) is 11.3 Å². The number of hydrogen-bond acceptors (Lipinski definition) is 6. The van der Waals surface area contributed by atoms with Gasteiger partial charge in [-0.2, -0.15) is 0 Å². The number of aromatic nitrogens is 1. The van der Waals surface area contributed by atoms with Crippen molar-refractivity contribution in [2.75, 3.05) is 25.1 Å². The molecule has 0 saturated heterocycles. The van der Waals surface area contributed by atoms with E-state index >= 15 is 0 Å². The first-order chi connectivity index (χ1) is 11.2. The number of hydrogen-bond donors (Lipinski definition) is 2. The standard InChI is InChI=1S/C16H19N3O3S/c1-10-15(19-16(23-10)18-14(20)5-6-17)11-3-4-12-13(9-11)22-8-2-7-21-12/h3-4,9H,2,5-8,17H2,1H3,(H,18,19,20). The molecular weight excluding hydrogens is 314 g/mol. The average molecular weight is 333 g/mol. The van der Waals surface area contributed by atoms with Crippen LogP contribution in [0.4, 0.5) is 5.13 Å². The van der Waals surface area contributed by atoms with Crippen molar-refractivity contribution in [1.29, 1.82) is 0 Å². The third-order valence-electron chi connectivity index (χ3n) is 3.44. The molecule has 1 aromatic heterocycles. The van der Waals surface area contributed by atoms with Gasteiger partial charge in [-0.15, -0.1) is 11.3 Å². The number of anilines is 1. The zero-order valence-corrected chi connectivity index (χ0v) is 13.7. The van der Waals surface area contributed by atoms with Crippen molar-refractivity contribution in [2.45, 2.75) is 19.8 Å². The van der Waals surface area contributed by atoms with Gasteiger partial charge in [0, 0.05) is 29.8 Å². The minimum atomic E-state index is -0.119. The van der Waals surface area contributed by atoms with Gasteiger partial charge in [0.25, 0.3) is 0 Å². The lowest BCUT2D eigenvalue weighted by Gasteiger charge is -2.08. The van der Waals surface area contributed by atoms with Crippen LogP contribution in [-0.4, -0.2) is 30.6 Å². The van der Waals surface area contributed by atoms with Crippen molar-refractivity contribution in [3.05, 3.63) is 23.1 Å². The SMILES string of the molecule is Cc1sc(NC(=O)CCN)nc1-c1ccc2c(c1)OCCCO2. The van der Waals surface area contributed by atoms with Crippen LogP contribution >= 0.6 is 11.3 Å². The van der Waals surface area contributed by atoms with Gasteiger partial charge in [0.15, 0.2) is 16.6 Å². The van der Waals surface area contributed by atoms with Crippen LogP contribution in [0, 0.1) is 6.92 Å². The second-order valence-electron chi connectivity index (χ2n) is 5.22. The van der Waals surface area contributed by atoms with Gasteiger partial charge in [-0.1, -0.05) is 0 Å². The molecule has 1 aromatic carbocycles. The van der Waals surface area contributed by atoms with Crippen molar-refractivity contribution in [2.24, 2.45) is 5.73 Å². The van der Waals surface area contributed by atoms with E-state index in [1.807, 2.05) is 25.1 Å². The maximum absolute atomic E-state index is 11.6. The Morgan fingerprint density at radius 1 is 1.35 bits per heavy atom. The average Bonchev–Trinajstić information content (AvgIpc) is 2.74. The number of nitrogens with one attached hydrogen (secondary N) is 1. The largest absolute Gasteiger partial charge is 0.490 e. The lowest BCUT2D eigenvalue weighted by Crippen LogP contribution is -2.15. The summed E-state index contributed by atoms with van der Waals surface area (Å²) < 4.78 is 11.4. The molecule has 1 aliphatic rings. The summed E-state index contributed by atoms with van der Waals surface area (Å²) in [6.07, 6.45) is 1.16. The molecule has 1 amide bonds. The fraction of sp³-hybridized carbons (Fsp3) is 0.375. The molecule has 0 spiro atoms. The maximum Gasteiger partial charge on any atom is 0.227 e. The molecule has 3 N–H and O–H groups in total. The van der Waals surface area contributed by atoms with Gasteiger partial charge in [0.2, 0.25) is 5.91 Å². The van der Waals surface area contributed by atoms with Gasteiger partial charge >= 0.3 is 0 Å². The fourth-order valence-electron chi connectivity index (χ4n) is 2.34. The third-order valence-corrected chi connectivity index (χ3v) is 4.32. The lowest BCUT2D eigenvalue weighted by molar-refractivity contribution is -0.116. The molecule has 0 atom stereocenters. The number of thiazole rings is 1. The Morgan fingerprint density at radius 3 is 2.91 bits per heavy atom. The number of fused-ring (bicyclic) bond motifs is 1. The van der Waals surface area contributed by atoms with Gasteiger partial charge in [0.05, 0.1) is 18.9 Å². The predicted octanol–water partition coefficient (Wildman–Crippen LogP) is 2.57. The van der Waals surface area contributed by atoms with E-state index in [0.717, 1.165) is 34.1 Å². The zero-order valence-electron chi connectivity index (χ0n) is 12.9. The van der Waals surface area contributed by atoms with E-state index in [2.05, 4.69) is 10.3 Å². The van der Waals surface area contributed by atoms with Crippen LogP contribution in [0.3, 0.4) is 0 Å². The van der Waals surface area contributed by atoms with Crippen LogP contribution in [0.25, 0.3) is 11.3 Å². The molecule has 0 radical (unpaired) electrons. The first-order valence-corrected chi connectivity index (χ1v) is 8.36. The number of nitrogens with two attached hydrogens (primary N) is 1. The van der Waals surface area contributed by atoms with Crippen LogP contribution < -0.4 is 20.5 Å². The van der Waals surface area contributed by atoms with E-state index in [1.54, 1.807) is 0 Å². The summed E-state index contributed by atoms with van der Waals surface area (Å²) in [7, 11) is 0. The number of amides is 1. The number of nitrogens with zero attached hydrogens (tertiary/aromatic N) is 1. The van der Waals surface area contributed by atoms with E-state index < -0.39 is 0 Å². The van der Waals surface area contributed by atoms with Crippen molar-refractivity contribution in [1.82, 2.24) is 4.98 Å². The number of carbonyl (C=O) groups is 1. The molecule has 0 unspecified atom stereocenters. The summed E-state index contributed by atoms with van der Waals surface area (Å²) in [6, 6.07) is 5.80. The Kier molecular flexibility index (Phi) is 4.78. The Morgan fingerprint density at radius 2 is 2.13 bits per heavy atom. The van der Waals surface area contributed by atoms with E-state index in [9.17, 15) is 4.79 Å². The highest BCUT2D eigenvalue weighted by Crippen LogP contribution is 2.37. The molecule has 7 heteroatoms. The van der Waals surface area contributed by atoms with Gasteiger partial charge in [-0.25, -0.2) is 4.98 Å². The van der Waals surface area contributed by atoms with Crippen LogP contribution in [0.1, 0.15) is 17.7 Å². The highest BCUT2D eigenvalue weighted by molar-refractivity contribution is 7.16. The molecule has 0 saturated carbocycles. The fourth-order valence-corrected chi connectivity index (χ4v) is 3.19. The topological polar surface area (TPSA) is 86.5 Å². The molecule has 1 aliphatic heterocycles.